The van der Waals surface area contributed by atoms with E-state index in [-0.39, 0.29) is 5.82 Å². The normalized spacial score (nSPS) is 16.3. The largest absolute Gasteiger partial charge is 0.383 e. The number of aromatic nitrogens is 2. The number of hydrogen-bond donors (Lipinski definition) is 1. The summed E-state index contributed by atoms with van der Waals surface area (Å²) in [5.41, 5.74) is 7.61. The van der Waals surface area contributed by atoms with Gasteiger partial charge >= 0.3 is 0 Å². The molecule has 1 aromatic heterocycles. The van der Waals surface area contributed by atoms with Gasteiger partial charge in [-0.25, -0.2) is 9.37 Å². The maximum atomic E-state index is 13.7. The van der Waals surface area contributed by atoms with Crippen LogP contribution in [0.25, 0.3) is 11.3 Å². The number of nitrogens with two attached hydrogens (primary N) is 1. The fourth-order valence-corrected chi connectivity index (χ4v) is 3.36. The van der Waals surface area contributed by atoms with E-state index in [1.54, 1.807) is 6.07 Å². The van der Waals surface area contributed by atoms with Gasteiger partial charge in [0.25, 0.3) is 0 Å². The highest BCUT2D eigenvalue weighted by atomic mass is 79.9. The molecule has 1 aliphatic rings. The van der Waals surface area contributed by atoms with E-state index >= 15 is 0 Å². The SMILES string of the molecule is Cn1c(C2CCCCC2)nc(-c2ccc(Br)c(F)c2)c1N. The molecule has 5 heteroatoms. The molecule has 0 unspecified atom stereocenters. The van der Waals surface area contributed by atoms with E-state index in [2.05, 4.69) is 15.9 Å². The second-order valence-corrected chi connectivity index (χ2v) is 6.58. The molecule has 3 rings (SSSR count). The first-order valence-corrected chi connectivity index (χ1v) is 8.14. The summed E-state index contributed by atoms with van der Waals surface area (Å²) in [5, 5.41) is 0. The van der Waals surface area contributed by atoms with Crippen molar-refractivity contribution in [2.75, 3.05) is 5.73 Å². The van der Waals surface area contributed by atoms with Gasteiger partial charge in [-0.05, 0) is 40.9 Å². The third kappa shape index (κ3) is 2.71. The van der Waals surface area contributed by atoms with Crippen molar-refractivity contribution in [1.29, 1.82) is 0 Å². The Labute approximate surface area is 132 Å². The molecule has 1 aromatic carbocycles. The predicted molar refractivity (Wildman–Crippen MR) is 86.5 cm³/mol. The predicted octanol–water partition coefficient (Wildman–Crippen LogP) is 4.62. The Morgan fingerprint density at radius 2 is 2.00 bits per heavy atom. The van der Waals surface area contributed by atoms with Crippen molar-refractivity contribution in [2.24, 2.45) is 7.05 Å². The first-order valence-electron chi connectivity index (χ1n) is 7.35. The van der Waals surface area contributed by atoms with Crippen LogP contribution in [0.2, 0.25) is 0 Å². The summed E-state index contributed by atoms with van der Waals surface area (Å²) in [6.45, 7) is 0. The van der Waals surface area contributed by atoms with Crippen molar-refractivity contribution < 1.29 is 4.39 Å². The summed E-state index contributed by atoms with van der Waals surface area (Å²) in [6, 6.07) is 5.02. The quantitative estimate of drug-likeness (QED) is 0.857. The number of nitrogen functional groups attached to an aromatic ring is 1. The molecule has 1 heterocycles. The van der Waals surface area contributed by atoms with Crippen LogP contribution in [-0.4, -0.2) is 9.55 Å². The van der Waals surface area contributed by atoms with Gasteiger partial charge in [-0.1, -0.05) is 25.3 Å². The lowest BCUT2D eigenvalue weighted by molar-refractivity contribution is 0.422. The maximum Gasteiger partial charge on any atom is 0.138 e. The highest BCUT2D eigenvalue weighted by Crippen LogP contribution is 2.36. The van der Waals surface area contributed by atoms with Gasteiger partial charge in [-0.3, -0.25) is 0 Å². The van der Waals surface area contributed by atoms with Crippen molar-refractivity contribution in [3.63, 3.8) is 0 Å². The lowest BCUT2D eigenvalue weighted by Crippen LogP contribution is -2.11. The summed E-state index contributed by atoms with van der Waals surface area (Å²) in [4.78, 5) is 4.73. The number of hydrogen-bond acceptors (Lipinski definition) is 2. The van der Waals surface area contributed by atoms with Crippen LogP contribution < -0.4 is 5.73 Å². The molecule has 112 valence electrons. The third-order valence-corrected chi connectivity index (χ3v) is 4.98. The van der Waals surface area contributed by atoms with E-state index in [1.165, 1.54) is 38.2 Å². The molecule has 0 bridgehead atoms. The number of halogens is 2. The molecule has 1 aliphatic carbocycles. The molecule has 3 nitrogen and oxygen atoms in total. The van der Waals surface area contributed by atoms with E-state index in [0.717, 1.165) is 11.4 Å². The van der Waals surface area contributed by atoms with Crippen LogP contribution in [0.15, 0.2) is 22.7 Å². The van der Waals surface area contributed by atoms with E-state index < -0.39 is 0 Å². The Bertz CT molecular complexity index is 660. The summed E-state index contributed by atoms with van der Waals surface area (Å²) in [7, 11) is 1.95. The second kappa shape index (κ2) is 5.79. The molecule has 21 heavy (non-hydrogen) atoms. The van der Waals surface area contributed by atoms with Crippen molar-refractivity contribution in [1.82, 2.24) is 9.55 Å². The topological polar surface area (TPSA) is 43.8 Å². The van der Waals surface area contributed by atoms with Crippen LogP contribution in [0.5, 0.6) is 0 Å². The Morgan fingerprint density at radius 1 is 1.29 bits per heavy atom. The Kier molecular flexibility index (Phi) is 4.02. The minimum Gasteiger partial charge on any atom is -0.383 e. The summed E-state index contributed by atoms with van der Waals surface area (Å²) in [5.74, 6) is 1.82. The second-order valence-electron chi connectivity index (χ2n) is 5.73. The average molecular weight is 352 g/mol. The molecule has 0 spiro atoms. The molecule has 1 saturated carbocycles. The monoisotopic (exact) mass is 351 g/mol. The fraction of sp³-hybridized carbons (Fsp3) is 0.438. The van der Waals surface area contributed by atoms with Crippen molar-refractivity contribution in [3.05, 3.63) is 34.3 Å². The number of nitrogens with zero attached hydrogens (tertiary/aromatic N) is 2. The van der Waals surface area contributed by atoms with Crippen LogP contribution in [0.4, 0.5) is 10.2 Å². The lowest BCUT2D eigenvalue weighted by atomic mass is 9.89. The molecule has 0 amide bonds. The van der Waals surface area contributed by atoms with E-state index in [9.17, 15) is 4.39 Å². The van der Waals surface area contributed by atoms with E-state index in [1.807, 2.05) is 17.7 Å². The highest BCUT2D eigenvalue weighted by Gasteiger charge is 2.23. The molecule has 0 saturated heterocycles. The molecular formula is C16H19BrFN3. The zero-order valence-electron chi connectivity index (χ0n) is 12.1. The highest BCUT2D eigenvalue weighted by molar-refractivity contribution is 9.10. The summed E-state index contributed by atoms with van der Waals surface area (Å²) < 4.78 is 16.2. The first-order chi connectivity index (χ1) is 10.1. The Balaban J connectivity index is 2.01. The van der Waals surface area contributed by atoms with Crippen LogP contribution in [0.3, 0.4) is 0 Å². The molecule has 1 fully saturated rings. The number of imidazole rings is 1. The molecule has 2 N–H and O–H groups in total. The zero-order valence-corrected chi connectivity index (χ0v) is 13.7. The molecular weight excluding hydrogens is 333 g/mol. The van der Waals surface area contributed by atoms with Gasteiger partial charge in [0.2, 0.25) is 0 Å². The van der Waals surface area contributed by atoms with Gasteiger partial charge < -0.3 is 10.3 Å². The van der Waals surface area contributed by atoms with Gasteiger partial charge in [0.05, 0.1) is 4.47 Å². The third-order valence-electron chi connectivity index (χ3n) is 4.34. The molecule has 0 aliphatic heterocycles. The van der Waals surface area contributed by atoms with Gasteiger partial charge in [0, 0.05) is 18.5 Å². The van der Waals surface area contributed by atoms with Gasteiger partial charge in [-0.2, -0.15) is 0 Å². The zero-order chi connectivity index (χ0) is 15.0. The average Bonchev–Trinajstić information content (AvgIpc) is 2.79. The summed E-state index contributed by atoms with van der Waals surface area (Å²) in [6.07, 6.45) is 6.14. The van der Waals surface area contributed by atoms with E-state index in [0.29, 0.717) is 21.9 Å². The van der Waals surface area contributed by atoms with Crippen molar-refractivity contribution in [2.45, 2.75) is 38.0 Å². The maximum absolute atomic E-state index is 13.7. The van der Waals surface area contributed by atoms with Crippen LogP contribution >= 0.6 is 15.9 Å². The Morgan fingerprint density at radius 3 is 2.67 bits per heavy atom. The minimum absolute atomic E-state index is 0.295. The van der Waals surface area contributed by atoms with Gasteiger partial charge in [0.15, 0.2) is 0 Å². The number of benzene rings is 1. The van der Waals surface area contributed by atoms with Crippen LogP contribution in [-0.2, 0) is 7.05 Å². The molecule has 0 atom stereocenters. The van der Waals surface area contributed by atoms with Crippen LogP contribution in [0, 0.1) is 5.82 Å². The van der Waals surface area contributed by atoms with Gasteiger partial charge in [-0.15, -0.1) is 0 Å². The minimum atomic E-state index is -0.295. The van der Waals surface area contributed by atoms with E-state index in [4.69, 9.17) is 10.7 Å². The van der Waals surface area contributed by atoms with Crippen LogP contribution in [0.1, 0.15) is 43.8 Å². The standard InChI is InChI=1S/C16H19BrFN3/c1-21-15(19)14(11-7-8-12(17)13(18)9-11)20-16(21)10-5-3-2-4-6-10/h7-10H,2-6,19H2,1H3. The fourth-order valence-electron chi connectivity index (χ4n) is 3.11. The Hall–Kier alpha value is -1.36. The van der Waals surface area contributed by atoms with Crippen molar-refractivity contribution >= 4 is 21.7 Å². The summed E-state index contributed by atoms with van der Waals surface area (Å²) >= 11 is 3.17. The van der Waals surface area contributed by atoms with Gasteiger partial charge in [0.1, 0.15) is 23.2 Å². The number of rotatable bonds is 2. The molecule has 2 aromatic rings. The first kappa shape index (κ1) is 14.6. The molecule has 0 radical (unpaired) electrons. The number of anilines is 1. The lowest BCUT2D eigenvalue weighted by Gasteiger charge is -2.21. The smallest absolute Gasteiger partial charge is 0.138 e. The van der Waals surface area contributed by atoms with Crippen molar-refractivity contribution in [3.8, 4) is 11.3 Å².